The zero-order valence-electron chi connectivity index (χ0n) is 6.81. The molecule has 0 unspecified atom stereocenters. The summed E-state index contributed by atoms with van der Waals surface area (Å²) in [5.74, 6) is 0.960. The molecule has 2 saturated heterocycles. The summed E-state index contributed by atoms with van der Waals surface area (Å²) in [6, 6.07) is 0.727. The van der Waals surface area contributed by atoms with E-state index in [1.165, 1.54) is 25.7 Å². The van der Waals surface area contributed by atoms with Gasteiger partial charge in [-0.2, -0.15) is 0 Å². The summed E-state index contributed by atoms with van der Waals surface area (Å²) in [5.41, 5.74) is 0.307. The van der Waals surface area contributed by atoms with Gasteiger partial charge < -0.3 is 10.1 Å². The van der Waals surface area contributed by atoms with E-state index in [1.54, 1.807) is 0 Å². The second-order valence-corrected chi connectivity index (χ2v) is 4.21. The average Bonchev–Trinajstić information content (AvgIpc) is 2.68. The Morgan fingerprint density at radius 3 is 2.73 bits per heavy atom. The van der Waals surface area contributed by atoms with E-state index in [2.05, 4.69) is 5.32 Å². The van der Waals surface area contributed by atoms with Crippen LogP contribution in [0.15, 0.2) is 0 Å². The molecule has 1 N–H and O–H groups in total. The second-order valence-electron chi connectivity index (χ2n) is 4.21. The molecule has 2 aliphatic heterocycles. The van der Waals surface area contributed by atoms with E-state index < -0.39 is 0 Å². The van der Waals surface area contributed by atoms with Gasteiger partial charge in [0, 0.05) is 19.2 Å². The molecule has 0 aromatic heterocycles. The van der Waals surface area contributed by atoms with E-state index in [1.807, 2.05) is 0 Å². The smallest absolute Gasteiger partial charge is 0.0961 e. The molecule has 3 fully saturated rings. The van der Waals surface area contributed by atoms with Crippen molar-refractivity contribution in [2.45, 2.75) is 37.3 Å². The van der Waals surface area contributed by atoms with Crippen molar-refractivity contribution in [2.75, 3.05) is 13.2 Å². The van der Waals surface area contributed by atoms with Gasteiger partial charge in [0.25, 0.3) is 0 Å². The van der Waals surface area contributed by atoms with Crippen LogP contribution in [0.2, 0.25) is 0 Å². The first-order valence-corrected chi connectivity index (χ1v) is 4.78. The minimum atomic E-state index is 0.307. The summed E-state index contributed by atoms with van der Waals surface area (Å²) in [6.07, 6.45) is 5.46. The van der Waals surface area contributed by atoms with Gasteiger partial charge in [-0.15, -0.1) is 0 Å². The Hall–Kier alpha value is -0.0800. The average molecular weight is 153 g/mol. The highest BCUT2D eigenvalue weighted by molar-refractivity contribution is 5.11. The van der Waals surface area contributed by atoms with Gasteiger partial charge in [-0.3, -0.25) is 0 Å². The second kappa shape index (κ2) is 1.99. The van der Waals surface area contributed by atoms with Crippen molar-refractivity contribution < 1.29 is 4.74 Å². The van der Waals surface area contributed by atoms with Crippen molar-refractivity contribution in [3.8, 4) is 0 Å². The van der Waals surface area contributed by atoms with Crippen molar-refractivity contribution in [1.82, 2.24) is 5.32 Å². The van der Waals surface area contributed by atoms with Crippen molar-refractivity contribution in [2.24, 2.45) is 5.92 Å². The van der Waals surface area contributed by atoms with Crippen LogP contribution in [0.4, 0.5) is 0 Å². The van der Waals surface area contributed by atoms with E-state index in [-0.39, 0.29) is 0 Å². The minimum Gasteiger partial charge on any atom is -0.372 e. The van der Waals surface area contributed by atoms with Gasteiger partial charge in [-0.1, -0.05) is 0 Å². The maximum atomic E-state index is 5.83. The molecule has 0 aromatic rings. The van der Waals surface area contributed by atoms with Crippen LogP contribution >= 0.6 is 0 Å². The van der Waals surface area contributed by atoms with E-state index in [0.29, 0.717) is 5.60 Å². The third kappa shape index (κ3) is 0.798. The van der Waals surface area contributed by atoms with Crippen LogP contribution in [0.5, 0.6) is 0 Å². The minimum absolute atomic E-state index is 0.307. The first-order valence-electron chi connectivity index (χ1n) is 4.78. The van der Waals surface area contributed by atoms with Crippen LogP contribution < -0.4 is 5.32 Å². The number of hydrogen-bond acceptors (Lipinski definition) is 2. The molecule has 11 heavy (non-hydrogen) atoms. The highest BCUT2D eigenvalue weighted by Crippen LogP contribution is 2.46. The van der Waals surface area contributed by atoms with Gasteiger partial charge in [-0.05, 0) is 31.6 Å². The van der Waals surface area contributed by atoms with Crippen molar-refractivity contribution in [3.05, 3.63) is 0 Å². The molecule has 2 atom stereocenters. The van der Waals surface area contributed by atoms with Gasteiger partial charge in [0.1, 0.15) is 0 Å². The molecule has 3 rings (SSSR count). The Kier molecular flexibility index (Phi) is 1.16. The van der Waals surface area contributed by atoms with E-state index in [4.69, 9.17) is 4.74 Å². The quantitative estimate of drug-likeness (QED) is 0.604. The van der Waals surface area contributed by atoms with Crippen LogP contribution in [0.3, 0.4) is 0 Å². The Morgan fingerprint density at radius 2 is 2.27 bits per heavy atom. The molecule has 62 valence electrons. The number of hydrogen-bond donors (Lipinski definition) is 1. The van der Waals surface area contributed by atoms with Crippen LogP contribution in [-0.2, 0) is 4.74 Å². The van der Waals surface area contributed by atoms with Gasteiger partial charge in [0.2, 0.25) is 0 Å². The Bertz CT molecular complexity index is 170. The first-order chi connectivity index (χ1) is 5.41. The lowest BCUT2D eigenvalue weighted by Crippen LogP contribution is -2.68. The lowest BCUT2D eigenvalue weighted by Gasteiger charge is -2.47. The van der Waals surface area contributed by atoms with Crippen LogP contribution in [0.1, 0.15) is 25.7 Å². The lowest BCUT2D eigenvalue weighted by atomic mass is 9.81. The lowest BCUT2D eigenvalue weighted by molar-refractivity contribution is -0.0838. The van der Waals surface area contributed by atoms with E-state index in [9.17, 15) is 0 Å². The van der Waals surface area contributed by atoms with Crippen LogP contribution in [0.25, 0.3) is 0 Å². The maximum absolute atomic E-state index is 5.83. The predicted molar refractivity (Wildman–Crippen MR) is 42.4 cm³/mol. The molecule has 0 aromatic carbocycles. The van der Waals surface area contributed by atoms with Crippen molar-refractivity contribution in [1.29, 1.82) is 0 Å². The molecule has 1 aliphatic carbocycles. The third-order valence-electron chi connectivity index (χ3n) is 3.42. The maximum Gasteiger partial charge on any atom is 0.0961 e. The summed E-state index contributed by atoms with van der Waals surface area (Å²) in [5, 5.41) is 3.52. The van der Waals surface area contributed by atoms with Crippen LogP contribution in [0, 0.1) is 5.92 Å². The van der Waals surface area contributed by atoms with Gasteiger partial charge in [0.05, 0.1) is 5.60 Å². The molecule has 2 heteroatoms. The summed E-state index contributed by atoms with van der Waals surface area (Å²) in [6.45, 7) is 2.12. The molecule has 0 radical (unpaired) electrons. The molecule has 1 spiro atoms. The molecule has 0 amide bonds. The molecular formula is C9H15NO. The van der Waals surface area contributed by atoms with Crippen molar-refractivity contribution >= 4 is 0 Å². The van der Waals surface area contributed by atoms with Crippen molar-refractivity contribution in [3.63, 3.8) is 0 Å². The zero-order chi connectivity index (χ0) is 7.31. The Balaban J connectivity index is 1.75. The van der Waals surface area contributed by atoms with Gasteiger partial charge >= 0.3 is 0 Å². The fourth-order valence-corrected chi connectivity index (χ4v) is 2.58. The van der Waals surface area contributed by atoms with E-state index >= 15 is 0 Å². The highest BCUT2D eigenvalue weighted by atomic mass is 16.5. The molecular weight excluding hydrogens is 138 g/mol. The fourth-order valence-electron chi connectivity index (χ4n) is 2.58. The molecule has 0 bridgehead atoms. The third-order valence-corrected chi connectivity index (χ3v) is 3.42. The SMILES string of the molecule is C1CO[C@@]2(C1)CN[C@@H]2C1CC1. The largest absolute Gasteiger partial charge is 0.372 e. The number of rotatable bonds is 1. The number of ether oxygens (including phenoxy) is 1. The monoisotopic (exact) mass is 153 g/mol. The topological polar surface area (TPSA) is 21.3 Å². The molecule has 2 nitrogen and oxygen atoms in total. The number of nitrogens with one attached hydrogen (secondary N) is 1. The predicted octanol–water partition coefficient (Wildman–Crippen LogP) is 0.917. The van der Waals surface area contributed by atoms with Crippen LogP contribution in [-0.4, -0.2) is 24.8 Å². The molecule has 1 saturated carbocycles. The summed E-state index contributed by atoms with van der Waals surface area (Å²) < 4.78 is 5.83. The summed E-state index contributed by atoms with van der Waals surface area (Å²) in [7, 11) is 0. The Morgan fingerprint density at radius 1 is 1.36 bits per heavy atom. The van der Waals surface area contributed by atoms with Gasteiger partial charge in [-0.25, -0.2) is 0 Å². The molecule has 2 heterocycles. The summed E-state index contributed by atoms with van der Waals surface area (Å²) >= 11 is 0. The van der Waals surface area contributed by atoms with Gasteiger partial charge in [0.15, 0.2) is 0 Å². The highest BCUT2D eigenvalue weighted by Gasteiger charge is 2.55. The summed E-state index contributed by atoms with van der Waals surface area (Å²) in [4.78, 5) is 0. The molecule has 3 aliphatic rings. The van der Waals surface area contributed by atoms with E-state index in [0.717, 1.165) is 25.1 Å². The Labute approximate surface area is 67.3 Å². The normalized spacial score (nSPS) is 49.6. The zero-order valence-corrected chi connectivity index (χ0v) is 6.81. The fraction of sp³-hybridized carbons (Fsp3) is 1.00. The first kappa shape index (κ1) is 6.44. The standard InChI is InChI=1S/C9H15NO/c1-4-9(11-5-1)6-10-8(9)7-2-3-7/h7-8,10H,1-6H2/t8-,9+/m1/s1.